The zero-order valence-electron chi connectivity index (χ0n) is 10.2. The first kappa shape index (κ1) is 13.9. The monoisotopic (exact) mass is 244 g/mol. The topological polar surface area (TPSA) is 29.5 Å². The molecule has 0 saturated heterocycles. The van der Waals surface area contributed by atoms with Crippen molar-refractivity contribution in [3.05, 3.63) is 29.3 Å². The van der Waals surface area contributed by atoms with Gasteiger partial charge in [-0.15, -0.1) is 0 Å². The zero-order valence-corrected chi connectivity index (χ0v) is 10.2. The maximum absolute atomic E-state index is 13.1. The Labute approximate surface area is 100 Å². The number of hydrogen-bond donors (Lipinski definition) is 1. The first-order chi connectivity index (χ1) is 8.04. The van der Waals surface area contributed by atoms with Gasteiger partial charge in [0, 0.05) is 6.07 Å². The largest absolute Gasteiger partial charge is 0.491 e. The minimum Gasteiger partial charge on any atom is -0.491 e. The van der Waals surface area contributed by atoms with E-state index in [9.17, 15) is 8.78 Å². The van der Waals surface area contributed by atoms with Crippen LogP contribution in [0.4, 0.5) is 8.78 Å². The first-order valence-corrected chi connectivity index (χ1v) is 5.76. The molecule has 0 aliphatic carbocycles. The van der Waals surface area contributed by atoms with Crippen molar-refractivity contribution in [2.45, 2.75) is 26.7 Å². The van der Waals surface area contributed by atoms with E-state index in [1.165, 1.54) is 6.07 Å². The van der Waals surface area contributed by atoms with Crippen molar-refractivity contribution in [1.29, 1.82) is 0 Å². The molecule has 1 aromatic carbocycles. The third-order valence-corrected chi connectivity index (χ3v) is 2.44. The van der Waals surface area contributed by atoms with Crippen molar-refractivity contribution in [2.75, 3.05) is 13.2 Å². The molecule has 0 heterocycles. The summed E-state index contributed by atoms with van der Waals surface area (Å²) in [6.45, 7) is 4.06. The maximum atomic E-state index is 13.1. The molecule has 0 aliphatic heterocycles. The van der Waals surface area contributed by atoms with Crippen LogP contribution < -0.4 is 4.74 Å². The second-order valence-electron chi connectivity index (χ2n) is 4.38. The van der Waals surface area contributed by atoms with Crippen LogP contribution in [0.3, 0.4) is 0 Å². The fourth-order valence-electron chi connectivity index (χ4n) is 1.50. The maximum Gasteiger partial charge on any atom is 0.162 e. The lowest BCUT2D eigenvalue weighted by Crippen LogP contribution is -2.06. The van der Waals surface area contributed by atoms with Crippen LogP contribution in [-0.2, 0) is 6.42 Å². The minimum absolute atomic E-state index is 0.0831. The number of ether oxygens (including phenoxy) is 1. The van der Waals surface area contributed by atoms with Crippen LogP contribution in [0, 0.1) is 17.6 Å². The van der Waals surface area contributed by atoms with Gasteiger partial charge in [0.05, 0.1) is 6.61 Å². The molecule has 0 bridgehead atoms. The first-order valence-electron chi connectivity index (χ1n) is 5.76. The van der Waals surface area contributed by atoms with Crippen molar-refractivity contribution < 1.29 is 18.6 Å². The standard InChI is InChI=1S/C13H18F2O2/c1-9(2)3-4-10-7-11(14)12(15)8-13(10)17-6-5-16/h7-9,16H,3-6H2,1-2H3. The summed E-state index contributed by atoms with van der Waals surface area (Å²) in [6.07, 6.45) is 1.51. The van der Waals surface area contributed by atoms with Crippen LogP contribution in [-0.4, -0.2) is 18.3 Å². The van der Waals surface area contributed by atoms with Crippen molar-refractivity contribution in [1.82, 2.24) is 0 Å². The molecule has 0 atom stereocenters. The Hall–Kier alpha value is -1.16. The zero-order chi connectivity index (χ0) is 12.8. The van der Waals surface area contributed by atoms with Crippen molar-refractivity contribution in [3.8, 4) is 5.75 Å². The second-order valence-corrected chi connectivity index (χ2v) is 4.38. The Morgan fingerprint density at radius 3 is 2.47 bits per heavy atom. The van der Waals surface area contributed by atoms with Crippen molar-refractivity contribution in [3.63, 3.8) is 0 Å². The van der Waals surface area contributed by atoms with Gasteiger partial charge < -0.3 is 9.84 Å². The minimum atomic E-state index is -0.925. The van der Waals surface area contributed by atoms with Crippen LogP contribution in [0.25, 0.3) is 0 Å². The summed E-state index contributed by atoms with van der Waals surface area (Å²) in [6, 6.07) is 2.21. The molecule has 4 heteroatoms. The summed E-state index contributed by atoms with van der Waals surface area (Å²) in [7, 11) is 0. The van der Waals surface area contributed by atoms with Crippen molar-refractivity contribution in [2.24, 2.45) is 5.92 Å². The predicted octanol–water partition coefficient (Wildman–Crippen LogP) is 2.92. The van der Waals surface area contributed by atoms with E-state index in [0.29, 0.717) is 23.7 Å². The Bertz CT molecular complexity index is 365. The summed E-state index contributed by atoms with van der Waals surface area (Å²) in [5, 5.41) is 8.67. The average molecular weight is 244 g/mol. The number of benzene rings is 1. The van der Waals surface area contributed by atoms with E-state index < -0.39 is 11.6 Å². The molecule has 1 rings (SSSR count). The molecule has 2 nitrogen and oxygen atoms in total. The lowest BCUT2D eigenvalue weighted by Gasteiger charge is -2.12. The molecule has 96 valence electrons. The highest BCUT2D eigenvalue weighted by Crippen LogP contribution is 2.24. The van der Waals surface area contributed by atoms with E-state index in [1.54, 1.807) is 0 Å². The molecule has 1 aromatic rings. The van der Waals surface area contributed by atoms with Gasteiger partial charge in [-0.2, -0.15) is 0 Å². The predicted molar refractivity (Wildman–Crippen MR) is 62.1 cm³/mol. The van der Waals surface area contributed by atoms with E-state index in [-0.39, 0.29) is 13.2 Å². The van der Waals surface area contributed by atoms with Gasteiger partial charge in [0.15, 0.2) is 11.6 Å². The van der Waals surface area contributed by atoms with Crippen LogP contribution in [0.1, 0.15) is 25.8 Å². The van der Waals surface area contributed by atoms with Gasteiger partial charge in [-0.25, -0.2) is 8.78 Å². The van der Waals surface area contributed by atoms with Crippen LogP contribution >= 0.6 is 0 Å². The Balaban J connectivity index is 2.86. The molecule has 0 aliphatic rings. The molecule has 1 N–H and O–H groups in total. The molecule has 0 unspecified atom stereocenters. The Morgan fingerprint density at radius 1 is 1.24 bits per heavy atom. The quantitative estimate of drug-likeness (QED) is 0.833. The molecule has 17 heavy (non-hydrogen) atoms. The van der Waals surface area contributed by atoms with E-state index in [4.69, 9.17) is 9.84 Å². The lowest BCUT2D eigenvalue weighted by molar-refractivity contribution is 0.199. The molecule has 0 radical (unpaired) electrons. The van der Waals surface area contributed by atoms with E-state index in [0.717, 1.165) is 12.5 Å². The summed E-state index contributed by atoms with van der Waals surface area (Å²) in [4.78, 5) is 0. The number of aliphatic hydroxyl groups excluding tert-OH is 1. The lowest BCUT2D eigenvalue weighted by atomic mass is 10.0. The average Bonchev–Trinajstić information content (AvgIpc) is 2.28. The number of halogens is 2. The Kier molecular flexibility index (Phi) is 5.35. The van der Waals surface area contributed by atoms with E-state index in [2.05, 4.69) is 13.8 Å². The smallest absolute Gasteiger partial charge is 0.162 e. The molecular formula is C13H18F2O2. The number of aliphatic hydroxyl groups is 1. The van der Waals surface area contributed by atoms with E-state index in [1.807, 2.05) is 0 Å². The molecule has 0 amide bonds. The Morgan fingerprint density at radius 2 is 1.88 bits per heavy atom. The van der Waals surface area contributed by atoms with Gasteiger partial charge >= 0.3 is 0 Å². The number of hydrogen-bond acceptors (Lipinski definition) is 2. The highest BCUT2D eigenvalue weighted by atomic mass is 19.2. The van der Waals surface area contributed by atoms with Crippen LogP contribution in [0.2, 0.25) is 0 Å². The third kappa shape index (κ3) is 4.30. The van der Waals surface area contributed by atoms with Crippen LogP contribution in [0.5, 0.6) is 5.75 Å². The summed E-state index contributed by atoms with van der Waals surface area (Å²) >= 11 is 0. The van der Waals surface area contributed by atoms with Crippen molar-refractivity contribution >= 4 is 0 Å². The van der Waals surface area contributed by atoms with Gasteiger partial charge in [0.1, 0.15) is 12.4 Å². The van der Waals surface area contributed by atoms with Gasteiger partial charge in [0.2, 0.25) is 0 Å². The molecule has 0 spiro atoms. The van der Waals surface area contributed by atoms with Gasteiger partial charge in [-0.3, -0.25) is 0 Å². The fourth-order valence-corrected chi connectivity index (χ4v) is 1.50. The number of aryl methyl sites for hydroxylation is 1. The normalized spacial score (nSPS) is 10.9. The van der Waals surface area contributed by atoms with E-state index >= 15 is 0 Å². The molecule has 0 fully saturated rings. The SMILES string of the molecule is CC(C)CCc1cc(F)c(F)cc1OCCO. The highest BCUT2D eigenvalue weighted by Gasteiger charge is 2.11. The van der Waals surface area contributed by atoms with Gasteiger partial charge in [-0.05, 0) is 30.4 Å². The fraction of sp³-hybridized carbons (Fsp3) is 0.538. The van der Waals surface area contributed by atoms with Gasteiger partial charge in [0.25, 0.3) is 0 Å². The highest BCUT2D eigenvalue weighted by molar-refractivity contribution is 5.35. The molecular weight excluding hydrogens is 226 g/mol. The molecule has 0 aromatic heterocycles. The second kappa shape index (κ2) is 6.55. The number of rotatable bonds is 6. The summed E-state index contributed by atoms with van der Waals surface area (Å²) in [5.74, 6) is -0.987. The third-order valence-electron chi connectivity index (χ3n) is 2.44. The summed E-state index contributed by atoms with van der Waals surface area (Å²) < 4.78 is 31.4. The van der Waals surface area contributed by atoms with Crippen LogP contribution in [0.15, 0.2) is 12.1 Å². The van der Waals surface area contributed by atoms with Gasteiger partial charge in [-0.1, -0.05) is 13.8 Å². The molecule has 0 saturated carbocycles. The summed E-state index contributed by atoms with van der Waals surface area (Å²) in [5.41, 5.74) is 0.644.